The molecule has 16 heavy (non-hydrogen) atoms. The van der Waals surface area contributed by atoms with Crippen LogP contribution in [0.3, 0.4) is 0 Å². The minimum Gasteiger partial charge on any atom is -0.456 e. The van der Waals surface area contributed by atoms with Gasteiger partial charge in [0.15, 0.2) is 0 Å². The van der Waals surface area contributed by atoms with Gasteiger partial charge in [-0.3, -0.25) is 0 Å². The number of carbonyl (C=O) groups is 1. The first-order valence-corrected chi connectivity index (χ1v) is 4.90. The van der Waals surface area contributed by atoms with E-state index in [1.165, 1.54) is 6.92 Å². The fourth-order valence-electron chi connectivity index (χ4n) is 1.32. The van der Waals surface area contributed by atoms with Gasteiger partial charge in [0.25, 0.3) is 0 Å². The van der Waals surface area contributed by atoms with Gasteiger partial charge in [-0.25, -0.2) is 4.79 Å². The Morgan fingerprint density at radius 3 is 2.75 bits per heavy atom. The largest absolute Gasteiger partial charge is 0.456 e. The van der Waals surface area contributed by atoms with Gasteiger partial charge in [-0.05, 0) is 6.92 Å². The molecule has 2 atom stereocenters. The number of esters is 1. The SMILES string of the molecule is CC(O)(CO)CNCC1CC(F)(F)C(=O)O1. The predicted molar refractivity (Wildman–Crippen MR) is 50.0 cm³/mol. The van der Waals surface area contributed by atoms with Crippen molar-refractivity contribution in [3.63, 3.8) is 0 Å². The molecule has 1 aliphatic rings. The van der Waals surface area contributed by atoms with Crippen molar-refractivity contribution in [3.05, 3.63) is 0 Å². The lowest BCUT2D eigenvalue weighted by Crippen LogP contribution is -2.43. The number of hydrogen-bond donors (Lipinski definition) is 3. The Hall–Kier alpha value is -0.790. The van der Waals surface area contributed by atoms with Crippen LogP contribution in [-0.2, 0) is 9.53 Å². The Kier molecular flexibility index (Phi) is 3.82. The van der Waals surface area contributed by atoms with Gasteiger partial charge < -0.3 is 20.3 Å². The minimum atomic E-state index is -3.41. The molecule has 0 amide bonds. The van der Waals surface area contributed by atoms with Crippen LogP contribution in [0.4, 0.5) is 8.78 Å². The first-order chi connectivity index (χ1) is 7.27. The molecule has 2 unspecified atom stereocenters. The molecule has 1 saturated heterocycles. The second-order valence-corrected chi connectivity index (χ2v) is 4.22. The van der Waals surface area contributed by atoms with Crippen LogP contribution in [0.5, 0.6) is 0 Å². The van der Waals surface area contributed by atoms with E-state index in [2.05, 4.69) is 10.1 Å². The van der Waals surface area contributed by atoms with E-state index in [4.69, 9.17) is 5.11 Å². The lowest BCUT2D eigenvalue weighted by Gasteiger charge is -2.21. The van der Waals surface area contributed by atoms with E-state index in [1.807, 2.05) is 0 Å². The standard InChI is InChI=1S/C9H15F2NO4/c1-8(15,5-13)4-12-3-6-2-9(10,11)7(14)16-6/h6,12-13,15H,2-5H2,1H3. The van der Waals surface area contributed by atoms with Crippen molar-refractivity contribution in [2.75, 3.05) is 19.7 Å². The number of cyclic esters (lactones) is 1. The Labute approximate surface area is 91.4 Å². The lowest BCUT2D eigenvalue weighted by molar-refractivity contribution is -0.159. The summed E-state index contributed by atoms with van der Waals surface area (Å²) in [7, 11) is 0. The van der Waals surface area contributed by atoms with Gasteiger partial charge in [-0.2, -0.15) is 8.78 Å². The molecule has 3 N–H and O–H groups in total. The fraction of sp³-hybridized carbons (Fsp3) is 0.889. The minimum absolute atomic E-state index is 0.0253. The Bertz CT molecular complexity index is 270. The van der Waals surface area contributed by atoms with Crippen LogP contribution >= 0.6 is 0 Å². The van der Waals surface area contributed by atoms with Crippen LogP contribution in [0.25, 0.3) is 0 Å². The molecule has 0 aromatic heterocycles. The predicted octanol–water partition coefficient (Wildman–Crippen LogP) is -0.730. The highest BCUT2D eigenvalue weighted by Gasteiger charge is 2.50. The third-order valence-electron chi connectivity index (χ3n) is 2.27. The van der Waals surface area contributed by atoms with Crippen LogP contribution in [0.1, 0.15) is 13.3 Å². The zero-order valence-corrected chi connectivity index (χ0v) is 8.87. The molecule has 5 nitrogen and oxygen atoms in total. The molecule has 0 aliphatic carbocycles. The Morgan fingerprint density at radius 1 is 1.69 bits per heavy atom. The molecule has 0 aromatic rings. The molecule has 0 saturated carbocycles. The topological polar surface area (TPSA) is 78.8 Å². The van der Waals surface area contributed by atoms with E-state index in [0.717, 1.165) is 0 Å². The van der Waals surface area contributed by atoms with Crippen molar-refractivity contribution in [1.82, 2.24) is 5.32 Å². The molecule has 94 valence electrons. The molecular formula is C9H15F2NO4. The molecule has 0 radical (unpaired) electrons. The van der Waals surface area contributed by atoms with E-state index >= 15 is 0 Å². The number of hydrogen-bond acceptors (Lipinski definition) is 5. The summed E-state index contributed by atoms with van der Waals surface area (Å²) in [6.45, 7) is 1.01. The van der Waals surface area contributed by atoms with E-state index in [0.29, 0.717) is 0 Å². The van der Waals surface area contributed by atoms with Crippen LogP contribution in [0, 0.1) is 0 Å². The molecule has 1 aliphatic heterocycles. The van der Waals surface area contributed by atoms with Crippen LogP contribution in [0.2, 0.25) is 0 Å². The molecule has 0 aromatic carbocycles. The maximum Gasteiger partial charge on any atom is 0.377 e. The van der Waals surface area contributed by atoms with Crippen molar-refractivity contribution in [1.29, 1.82) is 0 Å². The summed E-state index contributed by atoms with van der Waals surface area (Å²) in [5.41, 5.74) is -1.31. The third kappa shape index (κ3) is 3.36. The van der Waals surface area contributed by atoms with Gasteiger partial charge in [0.1, 0.15) is 6.10 Å². The third-order valence-corrected chi connectivity index (χ3v) is 2.27. The fourth-order valence-corrected chi connectivity index (χ4v) is 1.32. The lowest BCUT2D eigenvalue weighted by atomic mass is 10.1. The number of rotatable bonds is 5. The average molecular weight is 239 g/mol. The molecule has 1 rings (SSSR count). The number of aliphatic hydroxyl groups excluding tert-OH is 1. The molecular weight excluding hydrogens is 224 g/mol. The maximum atomic E-state index is 12.7. The second kappa shape index (κ2) is 4.60. The van der Waals surface area contributed by atoms with Crippen LogP contribution in [0.15, 0.2) is 0 Å². The summed E-state index contributed by atoms with van der Waals surface area (Å²) in [6.07, 6.45) is -1.54. The van der Waals surface area contributed by atoms with E-state index < -0.39 is 36.6 Å². The van der Waals surface area contributed by atoms with Gasteiger partial charge >= 0.3 is 11.9 Å². The van der Waals surface area contributed by atoms with Gasteiger partial charge in [0.2, 0.25) is 0 Å². The summed E-state index contributed by atoms with van der Waals surface area (Å²) in [5.74, 6) is -4.92. The van der Waals surface area contributed by atoms with Crippen molar-refractivity contribution < 1.29 is 28.5 Å². The average Bonchev–Trinajstić information content (AvgIpc) is 2.40. The normalized spacial score (nSPS) is 27.6. The molecule has 0 spiro atoms. The molecule has 7 heteroatoms. The van der Waals surface area contributed by atoms with Crippen LogP contribution < -0.4 is 5.32 Å². The van der Waals surface area contributed by atoms with E-state index in [1.54, 1.807) is 0 Å². The number of ether oxygens (including phenoxy) is 1. The summed E-state index contributed by atoms with van der Waals surface area (Å²) in [6, 6.07) is 0. The number of carbonyl (C=O) groups excluding carboxylic acids is 1. The number of nitrogens with one attached hydrogen (secondary N) is 1. The van der Waals surface area contributed by atoms with Gasteiger partial charge in [0, 0.05) is 13.1 Å². The highest BCUT2D eigenvalue weighted by atomic mass is 19.3. The Balaban J connectivity index is 2.29. The van der Waals surface area contributed by atoms with E-state index in [9.17, 15) is 18.7 Å². The quantitative estimate of drug-likeness (QED) is 0.551. The molecule has 1 heterocycles. The summed E-state index contributed by atoms with van der Waals surface area (Å²) in [5, 5.41) is 20.8. The maximum absolute atomic E-state index is 12.7. The monoisotopic (exact) mass is 239 g/mol. The Morgan fingerprint density at radius 2 is 2.31 bits per heavy atom. The zero-order valence-electron chi connectivity index (χ0n) is 8.87. The van der Waals surface area contributed by atoms with Crippen molar-refractivity contribution >= 4 is 5.97 Å². The van der Waals surface area contributed by atoms with Crippen molar-refractivity contribution in [2.45, 2.75) is 31.0 Å². The van der Waals surface area contributed by atoms with Crippen molar-refractivity contribution in [2.24, 2.45) is 0 Å². The first-order valence-electron chi connectivity index (χ1n) is 4.90. The highest BCUT2D eigenvalue weighted by Crippen LogP contribution is 2.30. The van der Waals surface area contributed by atoms with Crippen molar-refractivity contribution in [3.8, 4) is 0 Å². The smallest absolute Gasteiger partial charge is 0.377 e. The van der Waals surface area contributed by atoms with Gasteiger partial charge in [0.05, 0.1) is 18.6 Å². The number of halogens is 2. The summed E-state index contributed by atoms with van der Waals surface area (Å²) >= 11 is 0. The van der Waals surface area contributed by atoms with Crippen LogP contribution in [-0.4, -0.2) is 53.5 Å². The highest BCUT2D eigenvalue weighted by molar-refractivity contribution is 5.79. The number of aliphatic hydroxyl groups is 2. The molecule has 0 bridgehead atoms. The second-order valence-electron chi connectivity index (χ2n) is 4.22. The summed E-state index contributed by atoms with van der Waals surface area (Å²) in [4.78, 5) is 10.6. The van der Waals surface area contributed by atoms with Gasteiger partial charge in [-0.1, -0.05) is 0 Å². The molecule has 1 fully saturated rings. The number of alkyl halides is 2. The van der Waals surface area contributed by atoms with E-state index in [-0.39, 0.29) is 13.1 Å². The first kappa shape index (κ1) is 13.3. The zero-order chi connectivity index (χ0) is 12.4. The summed E-state index contributed by atoms with van der Waals surface area (Å²) < 4.78 is 29.9. The van der Waals surface area contributed by atoms with Gasteiger partial charge in [-0.15, -0.1) is 0 Å².